The van der Waals surface area contributed by atoms with Crippen molar-refractivity contribution in [2.75, 3.05) is 6.61 Å². The van der Waals surface area contributed by atoms with Gasteiger partial charge in [-0.1, -0.05) is 17.7 Å². The summed E-state index contributed by atoms with van der Waals surface area (Å²) in [6, 6.07) is 3.78. The summed E-state index contributed by atoms with van der Waals surface area (Å²) in [7, 11) is 0. The molecule has 4 nitrogen and oxygen atoms in total. The van der Waals surface area contributed by atoms with Crippen LogP contribution in [0.5, 0.6) is 0 Å². The molecular formula is C13H16ClFN2O2. The Morgan fingerprint density at radius 2 is 2.37 bits per heavy atom. The molecule has 1 aliphatic carbocycles. The van der Waals surface area contributed by atoms with E-state index in [4.69, 9.17) is 16.7 Å². The van der Waals surface area contributed by atoms with E-state index in [1.165, 1.54) is 6.07 Å². The second-order valence-corrected chi connectivity index (χ2v) is 5.19. The minimum Gasteiger partial charge on any atom is -0.394 e. The lowest BCUT2D eigenvalue weighted by Gasteiger charge is -2.12. The van der Waals surface area contributed by atoms with Crippen LogP contribution >= 0.6 is 11.6 Å². The molecule has 0 aromatic heterocycles. The molecule has 0 aliphatic heterocycles. The first kappa shape index (κ1) is 14.1. The van der Waals surface area contributed by atoms with E-state index >= 15 is 0 Å². The summed E-state index contributed by atoms with van der Waals surface area (Å²) < 4.78 is 13.7. The van der Waals surface area contributed by atoms with Gasteiger partial charge < -0.3 is 15.7 Å². The summed E-state index contributed by atoms with van der Waals surface area (Å²) in [4.78, 5) is 11.5. The van der Waals surface area contributed by atoms with Gasteiger partial charge in [-0.25, -0.2) is 9.18 Å². The second-order valence-electron chi connectivity index (χ2n) is 4.79. The van der Waals surface area contributed by atoms with Gasteiger partial charge in [0.1, 0.15) is 5.82 Å². The fourth-order valence-corrected chi connectivity index (χ4v) is 2.32. The summed E-state index contributed by atoms with van der Waals surface area (Å²) in [6.07, 6.45) is 0.668. The van der Waals surface area contributed by atoms with E-state index in [0.717, 1.165) is 0 Å². The van der Waals surface area contributed by atoms with Gasteiger partial charge in [0.25, 0.3) is 0 Å². The minimum atomic E-state index is -0.360. The molecule has 2 unspecified atom stereocenters. The number of benzene rings is 1. The molecule has 3 atom stereocenters. The van der Waals surface area contributed by atoms with Gasteiger partial charge in [-0.2, -0.15) is 0 Å². The van der Waals surface area contributed by atoms with E-state index in [1.54, 1.807) is 19.1 Å². The van der Waals surface area contributed by atoms with Gasteiger partial charge in [-0.05, 0) is 25.5 Å². The van der Waals surface area contributed by atoms with Gasteiger partial charge in [0.15, 0.2) is 0 Å². The summed E-state index contributed by atoms with van der Waals surface area (Å²) in [5.41, 5.74) is 0.463. The van der Waals surface area contributed by atoms with Crippen molar-refractivity contribution >= 4 is 17.6 Å². The van der Waals surface area contributed by atoms with Crippen molar-refractivity contribution in [1.29, 1.82) is 0 Å². The Kier molecular flexibility index (Phi) is 4.27. The molecule has 0 spiro atoms. The van der Waals surface area contributed by atoms with E-state index in [9.17, 15) is 9.18 Å². The summed E-state index contributed by atoms with van der Waals surface area (Å²) in [6.45, 7) is 1.57. The van der Waals surface area contributed by atoms with Crippen LogP contribution in [0.3, 0.4) is 0 Å². The normalized spacial score (nSPS) is 22.7. The molecule has 19 heavy (non-hydrogen) atoms. The zero-order valence-corrected chi connectivity index (χ0v) is 11.2. The van der Waals surface area contributed by atoms with E-state index in [1.807, 2.05) is 0 Å². The predicted octanol–water partition coefficient (Wildman–Crippen LogP) is 2.02. The van der Waals surface area contributed by atoms with Gasteiger partial charge in [0, 0.05) is 22.5 Å². The lowest BCUT2D eigenvalue weighted by molar-refractivity contribution is 0.220. The largest absolute Gasteiger partial charge is 0.394 e. The van der Waals surface area contributed by atoms with Crippen molar-refractivity contribution in [2.45, 2.75) is 31.3 Å². The van der Waals surface area contributed by atoms with Crippen LogP contribution < -0.4 is 10.6 Å². The van der Waals surface area contributed by atoms with Gasteiger partial charge in [-0.15, -0.1) is 0 Å². The zero-order chi connectivity index (χ0) is 14.0. The smallest absolute Gasteiger partial charge is 0.315 e. The van der Waals surface area contributed by atoms with Crippen LogP contribution in [0.15, 0.2) is 18.2 Å². The Morgan fingerprint density at radius 1 is 1.63 bits per heavy atom. The summed E-state index contributed by atoms with van der Waals surface area (Å²) in [5.74, 6) is -0.421. The van der Waals surface area contributed by atoms with Crippen molar-refractivity contribution in [3.05, 3.63) is 34.6 Å². The molecule has 0 radical (unpaired) electrons. The molecule has 0 bridgehead atoms. The number of aliphatic hydroxyl groups is 1. The van der Waals surface area contributed by atoms with E-state index in [2.05, 4.69) is 10.6 Å². The van der Waals surface area contributed by atoms with Crippen molar-refractivity contribution < 1.29 is 14.3 Å². The van der Waals surface area contributed by atoms with E-state index in [0.29, 0.717) is 17.0 Å². The maximum atomic E-state index is 13.7. The number of halogens is 2. The maximum Gasteiger partial charge on any atom is 0.315 e. The van der Waals surface area contributed by atoms with Crippen LogP contribution in [0.25, 0.3) is 0 Å². The Balaban J connectivity index is 1.93. The molecule has 2 amide bonds. The molecule has 104 valence electrons. The maximum absolute atomic E-state index is 13.7. The van der Waals surface area contributed by atoms with Gasteiger partial charge >= 0.3 is 6.03 Å². The number of amides is 2. The highest BCUT2D eigenvalue weighted by Gasteiger charge is 2.42. The summed E-state index contributed by atoms with van der Waals surface area (Å²) in [5, 5.41) is 14.5. The number of carbonyl (C=O) groups excluding carboxylic acids is 1. The molecule has 3 N–H and O–H groups in total. The highest BCUT2D eigenvalue weighted by atomic mass is 35.5. The number of rotatable bonds is 4. The van der Waals surface area contributed by atoms with E-state index in [-0.39, 0.29) is 36.5 Å². The van der Waals surface area contributed by atoms with Gasteiger partial charge in [-0.3, -0.25) is 0 Å². The summed E-state index contributed by atoms with van der Waals surface area (Å²) >= 11 is 5.97. The van der Waals surface area contributed by atoms with Crippen LogP contribution in [-0.4, -0.2) is 29.8 Å². The Bertz CT molecular complexity index is 463. The first-order valence-corrected chi connectivity index (χ1v) is 6.52. The van der Waals surface area contributed by atoms with Crippen molar-refractivity contribution in [2.24, 2.45) is 0 Å². The highest BCUT2D eigenvalue weighted by Crippen LogP contribution is 2.44. The van der Waals surface area contributed by atoms with Crippen molar-refractivity contribution in [3.8, 4) is 0 Å². The number of urea groups is 1. The number of carbonyl (C=O) groups is 1. The predicted molar refractivity (Wildman–Crippen MR) is 70.8 cm³/mol. The molecule has 1 saturated carbocycles. The van der Waals surface area contributed by atoms with Crippen molar-refractivity contribution in [1.82, 2.24) is 10.6 Å². The van der Waals surface area contributed by atoms with Gasteiger partial charge in [0.05, 0.1) is 12.6 Å². The number of aliphatic hydroxyl groups excluding tert-OH is 1. The average Bonchev–Trinajstić information content (AvgIpc) is 3.07. The highest BCUT2D eigenvalue weighted by molar-refractivity contribution is 6.31. The Hall–Kier alpha value is -1.33. The number of hydrogen-bond acceptors (Lipinski definition) is 2. The van der Waals surface area contributed by atoms with E-state index < -0.39 is 0 Å². The third-order valence-corrected chi connectivity index (χ3v) is 3.46. The number of hydrogen-bond donors (Lipinski definition) is 3. The van der Waals surface area contributed by atoms with Crippen LogP contribution in [0.4, 0.5) is 9.18 Å². The Morgan fingerprint density at radius 3 is 3.00 bits per heavy atom. The first-order valence-electron chi connectivity index (χ1n) is 6.14. The molecule has 0 saturated heterocycles. The Labute approximate surface area is 116 Å². The molecule has 1 aliphatic rings. The zero-order valence-electron chi connectivity index (χ0n) is 10.5. The van der Waals surface area contributed by atoms with Crippen molar-refractivity contribution in [3.63, 3.8) is 0 Å². The second kappa shape index (κ2) is 5.75. The molecule has 1 fully saturated rings. The lowest BCUT2D eigenvalue weighted by atomic mass is 10.1. The lowest BCUT2D eigenvalue weighted by Crippen LogP contribution is -2.43. The fraction of sp³-hybridized carbons (Fsp3) is 0.462. The fourth-order valence-electron chi connectivity index (χ4n) is 2.02. The topological polar surface area (TPSA) is 61.4 Å². The van der Waals surface area contributed by atoms with Crippen LogP contribution in [0.2, 0.25) is 5.02 Å². The molecule has 1 aromatic carbocycles. The van der Waals surface area contributed by atoms with Crippen LogP contribution in [0.1, 0.15) is 24.8 Å². The van der Waals surface area contributed by atoms with Crippen LogP contribution in [-0.2, 0) is 0 Å². The molecule has 1 aromatic rings. The standard InChI is InChI=1S/C13H16ClFN2O2/c1-7(6-18)16-13(19)17-11-5-8(11)12-9(14)3-2-4-10(12)15/h2-4,7-8,11,18H,5-6H2,1H3,(H2,16,17,19)/t7-,8?,11?/m0/s1. The van der Waals surface area contributed by atoms with Gasteiger partial charge in [0.2, 0.25) is 0 Å². The average molecular weight is 287 g/mol. The molecular weight excluding hydrogens is 271 g/mol. The SMILES string of the molecule is C[C@@H](CO)NC(=O)NC1CC1c1c(F)cccc1Cl. The molecule has 6 heteroatoms. The third-order valence-electron chi connectivity index (χ3n) is 3.13. The number of nitrogens with one attached hydrogen (secondary N) is 2. The monoisotopic (exact) mass is 286 g/mol. The molecule has 0 heterocycles. The molecule has 2 rings (SSSR count). The third kappa shape index (κ3) is 3.36. The quantitative estimate of drug-likeness (QED) is 0.793. The van der Waals surface area contributed by atoms with Crippen LogP contribution in [0, 0.1) is 5.82 Å². The minimum absolute atomic E-state index is 0.0797. The first-order chi connectivity index (χ1) is 9.02.